The number of aromatic nitrogens is 1. The zero-order valence-electron chi connectivity index (χ0n) is 10.3. The summed E-state index contributed by atoms with van der Waals surface area (Å²) in [5, 5.41) is 8.40. The van der Waals surface area contributed by atoms with E-state index in [4.69, 9.17) is 0 Å². The van der Waals surface area contributed by atoms with Crippen LogP contribution in [0.5, 0.6) is 0 Å². The van der Waals surface area contributed by atoms with Crippen LogP contribution in [0.15, 0.2) is 10.2 Å². The number of rotatable bonds is 2. The minimum absolute atomic E-state index is 0.432. The van der Waals surface area contributed by atoms with Crippen LogP contribution in [0.25, 0.3) is 0 Å². The topological polar surface area (TPSA) is 29.6 Å². The van der Waals surface area contributed by atoms with Crippen LogP contribution in [-0.4, -0.2) is 10.3 Å². The van der Waals surface area contributed by atoms with E-state index in [0.717, 1.165) is 10.5 Å². The summed E-state index contributed by atoms with van der Waals surface area (Å²) in [7, 11) is 0. The van der Waals surface area contributed by atoms with Crippen LogP contribution < -0.4 is 4.80 Å². The van der Waals surface area contributed by atoms with Crippen LogP contribution in [0, 0.1) is 13.8 Å². The number of aryl methyl sites for hydroxylation is 1. The van der Waals surface area contributed by atoms with Crippen LogP contribution in [0.2, 0.25) is 0 Å². The third kappa shape index (κ3) is 2.78. The van der Waals surface area contributed by atoms with Gasteiger partial charge in [-0.05, 0) is 41.5 Å². The third-order valence-electron chi connectivity index (χ3n) is 2.17. The molecule has 0 radical (unpaired) electrons. The molecule has 1 rings (SSSR count). The Kier molecular flexibility index (Phi) is 3.85. The lowest BCUT2D eigenvalue weighted by Gasteiger charge is -2.09. The van der Waals surface area contributed by atoms with E-state index in [1.807, 2.05) is 13.8 Å². The van der Waals surface area contributed by atoms with Crippen molar-refractivity contribution in [2.24, 2.45) is 10.2 Å². The molecule has 0 aliphatic rings. The lowest BCUT2D eigenvalue weighted by molar-refractivity contribution is 0.565. The number of hydrogen-bond acceptors (Lipinski definition) is 3. The second kappa shape index (κ2) is 4.75. The Labute approximate surface area is 95.2 Å². The minimum Gasteiger partial charge on any atom is -0.317 e. The first-order valence-corrected chi connectivity index (χ1v) is 5.98. The van der Waals surface area contributed by atoms with Crippen molar-refractivity contribution in [2.75, 3.05) is 0 Å². The zero-order valence-corrected chi connectivity index (χ0v) is 11.1. The van der Waals surface area contributed by atoms with Crippen LogP contribution >= 0.6 is 11.3 Å². The summed E-state index contributed by atoms with van der Waals surface area (Å²) in [4.78, 5) is 2.30. The van der Waals surface area contributed by atoms with Gasteiger partial charge in [0.2, 0.25) is 4.80 Å². The number of hydrogen-bond donors (Lipinski definition) is 0. The third-order valence-corrected chi connectivity index (χ3v) is 3.24. The molecule has 84 valence electrons. The first-order chi connectivity index (χ1) is 6.93. The zero-order chi connectivity index (χ0) is 11.6. The Morgan fingerprint density at radius 1 is 1.27 bits per heavy atom. The average Bonchev–Trinajstić information content (AvgIpc) is 2.39. The second-order valence-electron chi connectivity index (χ2n) is 4.14. The van der Waals surface area contributed by atoms with Gasteiger partial charge >= 0.3 is 0 Å². The summed E-state index contributed by atoms with van der Waals surface area (Å²) >= 11 is 1.70. The van der Waals surface area contributed by atoms with Crippen molar-refractivity contribution in [2.45, 2.75) is 47.6 Å². The SMILES string of the molecule is CC(C)=NN=c1sc(C)c(C)n1C(C)C. The van der Waals surface area contributed by atoms with Gasteiger partial charge in [-0.3, -0.25) is 0 Å². The molecule has 0 spiro atoms. The van der Waals surface area contributed by atoms with Crippen molar-refractivity contribution in [3.05, 3.63) is 15.4 Å². The largest absolute Gasteiger partial charge is 0.317 e. The first kappa shape index (κ1) is 12.2. The summed E-state index contributed by atoms with van der Waals surface area (Å²) in [5.74, 6) is 0. The monoisotopic (exact) mass is 225 g/mol. The van der Waals surface area contributed by atoms with Crippen molar-refractivity contribution >= 4 is 17.0 Å². The molecule has 0 fully saturated rings. The molecule has 4 heteroatoms. The van der Waals surface area contributed by atoms with Gasteiger partial charge < -0.3 is 4.57 Å². The standard InChI is InChI=1S/C11H19N3S/c1-7(2)12-13-11-14(8(3)4)9(5)10(6)15-11/h8H,1-6H3. The van der Waals surface area contributed by atoms with Crippen LogP contribution in [0.3, 0.4) is 0 Å². The van der Waals surface area contributed by atoms with E-state index in [9.17, 15) is 0 Å². The molecule has 1 aromatic heterocycles. The van der Waals surface area contributed by atoms with E-state index in [0.29, 0.717) is 6.04 Å². The van der Waals surface area contributed by atoms with E-state index < -0.39 is 0 Å². The molecule has 0 amide bonds. The Hall–Kier alpha value is -0.900. The minimum atomic E-state index is 0.432. The Bertz CT molecular complexity index is 431. The van der Waals surface area contributed by atoms with Gasteiger partial charge in [-0.25, -0.2) is 0 Å². The van der Waals surface area contributed by atoms with E-state index in [-0.39, 0.29) is 0 Å². The van der Waals surface area contributed by atoms with Crippen molar-refractivity contribution in [3.63, 3.8) is 0 Å². The van der Waals surface area contributed by atoms with Crippen molar-refractivity contribution < 1.29 is 0 Å². The van der Waals surface area contributed by atoms with Gasteiger partial charge in [0.25, 0.3) is 0 Å². The summed E-state index contributed by atoms with van der Waals surface area (Å²) in [6, 6.07) is 0.432. The molecule has 0 aliphatic carbocycles. The van der Waals surface area contributed by atoms with Crippen molar-refractivity contribution in [1.82, 2.24) is 4.57 Å². The molecule has 0 aliphatic heterocycles. The molecular weight excluding hydrogens is 206 g/mol. The molecule has 0 N–H and O–H groups in total. The highest BCUT2D eigenvalue weighted by Gasteiger charge is 2.08. The molecular formula is C11H19N3S. The van der Waals surface area contributed by atoms with Crippen molar-refractivity contribution in [3.8, 4) is 0 Å². The van der Waals surface area contributed by atoms with Gasteiger partial charge in [-0.1, -0.05) is 0 Å². The fourth-order valence-electron chi connectivity index (χ4n) is 1.39. The normalized spacial score (nSPS) is 12.3. The molecule has 0 bridgehead atoms. The maximum atomic E-state index is 4.28. The highest BCUT2D eigenvalue weighted by molar-refractivity contribution is 7.09. The smallest absolute Gasteiger partial charge is 0.211 e. The molecule has 0 aromatic carbocycles. The lowest BCUT2D eigenvalue weighted by Crippen LogP contribution is -2.18. The van der Waals surface area contributed by atoms with E-state index in [1.165, 1.54) is 10.6 Å². The quantitative estimate of drug-likeness (QED) is 0.547. The van der Waals surface area contributed by atoms with Crippen molar-refractivity contribution in [1.29, 1.82) is 0 Å². The predicted octanol–water partition coefficient (Wildman–Crippen LogP) is 3.04. The summed E-state index contributed by atoms with van der Waals surface area (Å²) in [5.41, 5.74) is 2.27. The first-order valence-electron chi connectivity index (χ1n) is 5.17. The van der Waals surface area contributed by atoms with Gasteiger partial charge in [-0.2, -0.15) is 5.10 Å². The molecule has 0 saturated heterocycles. The predicted molar refractivity (Wildman–Crippen MR) is 66.5 cm³/mol. The van der Waals surface area contributed by atoms with Gasteiger partial charge in [0.15, 0.2) is 0 Å². The highest BCUT2D eigenvalue weighted by Crippen LogP contribution is 2.14. The molecule has 1 heterocycles. The number of nitrogens with zero attached hydrogens (tertiary/aromatic N) is 3. The molecule has 3 nitrogen and oxygen atoms in total. The Morgan fingerprint density at radius 2 is 1.87 bits per heavy atom. The number of thiazole rings is 1. The molecule has 15 heavy (non-hydrogen) atoms. The van der Waals surface area contributed by atoms with Gasteiger partial charge in [0.1, 0.15) is 0 Å². The van der Waals surface area contributed by atoms with E-state index in [2.05, 4.69) is 42.5 Å². The summed E-state index contributed by atoms with van der Waals surface area (Å²) < 4.78 is 2.23. The summed E-state index contributed by atoms with van der Waals surface area (Å²) in [6.45, 7) is 12.5. The second-order valence-corrected chi connectivity index (χ2v) is 5.32. The maximum absolute atomic E-state index is 4.28. The maximum Gasteiger partial charge on any atom is 0.211 e. The molecule has 0 saturated carbocycles. The van der Waals surface area contributed by atoms with E-state index >= 15 is 0 Å². The fourth-order valence-corrected chi connectivity index (χ4v) is 2.44. The molecule has 0 atom stereocenters. The van der Waals surface area contributed by atoms with Crippen LogP contribution in [0.1, 0.15) is 44.3 Å². The van der Waals surface area contributed by atoms with Gasteiger partial charge in [0.05, 0.1) is 0 Å². The fraction of sp³-hybridized carbons (Fsp3) is 0.636. The lowest BCUT2D eigenvalue weighted by atomic mass is 10.3. The van der Waals surface area contributed by atoms with E-state index in [1.54, 1.807) is 11.3 Å². The van der Waals surface area contributed by atoms with Gasteiger partial charge in [0, 0.05) is 22.3 Å². The average molecular weight is 225 g/mol. The van der Waals surface area contributed by atoms with Crippen LogP contribution in [-0.2, 0) is 0 Å². The van der Waals surface area contributed by atoms with Crippen LogP contribution in [0.4, 0.5) is 0 Å². The molecule has 0 unspecified atom stereocenters. The Balaban J connectivity index is 3.36. The van der Waals surface area contributed by atoms with Gasteiger partial charge in [-0.15, -0.1) is 16.4 Å². The highest BCUT2D eigenvalue weighted by atomic mass is 32.1. The Morgan fingerprint density at radius 3 is 2.33 bits per heavy atom. The molecule has 1 aromatic rings. The summed E-state index contributed by atoms with van der Waals surface area (Å²) in [6.07, 6.45) is 0.